The number of nitrogens with one attached hydrogen (secondary N) is 2. The molecule has 5 nitrogen and oxygen atoms in total. The summed E-state index contributed by atoms with van der Waals surface area (Å²) < 4.78 is 38.8. The summed E-state index contributed by atoms with van der Waals surface area (Å²) in [6.07, 6.45) is 1.06. The minimum Gasteiger partial charge on any atom is -0.348 e. The van der Waals surface area contributed by atoms with Gasteiger partial charge in [-0.1, -0.05) is 28.1 Å². The van der Waals surface area contributed by atoms with Gasteiger partial charge in [0.2, 0.25) is 10.0 Å². The minimum absolute atomic E-state index is 0.0384. The van der Waals surface area contributed by atoms with Crippen LogP contribution in [-0.2, 0) is 16.6 Å². The Kier molecular flexibility index (Phi) is 5.38. The molecular weight excluding hydrogens is 387 g/mol. The maximum atomic E-state index is 13.7. The highest BCUT2D eigenvalue weighted by atomic mass is 79.9. The molecule has 2 rings (SSSR count). The number of halogens is 2. The predicted molar refractivity (Wildman–Crippen MR) is 90.2 cm³/mol. The molecule has 2 aromatic rings. The highest BCUT2D eigenvalue weighted by Gasteiger charge is 2.11. The van der Waals surface area contributed by atoms with E-state index in [0.29, 0.717) is 10.2 Å². The average Bonchev–Trinajstić information content (AvgIpc) is 2.44. The van der Waals surface area contributed by atoms with Gasteiger partial charge in [0.05, 0.1) is 11.8 Å². The molecular formula is C15H14BrFN2O3S. The van der Waals surface area contributed by atoms with Gasteiger partial charge in [-0.3, -0.25) is 9.52 Å². The van der Waals surface area contributed by atoms with Crippen LogP contribution >= 0.6 is 15.9 Å². The van der Waals surface area contributed by atoms with Crippen LogP contribution in [0, 0.1) is 5.82 Å². The lowest BCUT2D eigenvalue weighted by atomic mass is 10.1. The normalized spacial score (nSPS) is 11.1. The zero-order valence-corrected chi connectivity index (χ0v) is 14.5. The molecule has 0 aliphatic rings. The Balaban J connectivity index is 1.99. The summed E-state index contributed by atoms with van der Waals surface area (Å²) in [5.41, 5.74) is 1.15. The van der Waals surface area contributed by atoms with Gasteiger partial charge in [0.25, 0.3) is 5.91 Å². The Labute approximate surface area is 142 Å². The first-order valence-electron chi connectivity index (χ1n) is 6.54. The minimum atomic E-state index is -3.33. The van der Waals surface area contributed by atoms with Gasteiger partial charge < -0.3 is 5.32 Å². The molecule has 0 fully saturated rings. The van der Waals surface area contributed by atoms with Crippen molar-refractivity contribution in [3.63, 3.8) is 0 Å². The van der Waals surface area contributed by atoms with Gasteiger partial charge >= 0.3 is 0 Å². The molecule has 2 N–H and O–H groups in total. The van der Waals surface area contributed by atoms with E-state index in [1.807, 2.05) is 0 Å². The van der Waals surface area contributed by atoms with Gasteiger partial charge in [0.1, 0.15) is 5.82 Å². The van der Waals surface area contributed by atoms with E-state index in [1.165, 1.54) is 12.1 Å². The highest BCUT2D eigenvalue weighted by Crippen LogP contribution is 2.15. The molecule has 0 aliphatic carbocycles. The smallest absolute Gasteiger partial charge is 0.254 e. The average molecular weight is 401 g/mol. The van der Waals surface area contributed by atoms with Crippen molar-refractivity contribution in [2.75, 3.05) is 11.0 Å². The molecule has 1 amide bonds. The first-order valence-corrected chi connectivity index (χ1v) is 9.23. The van der Waals surface area contributed by atoms with Crippen molar-refractivity contribution in [3.05, 3.63) is 63.9 Å². The van der Waals surface area contributed by atoms with E-state index >= 15 is 0 Å². The van der Waals surface area contributed by atoms with E-state index in [9.17, 15) is 17.6 Å². The number of anilines is 1. The number of hydrogen-bond donors (Lipinski definition) is 2. The first kappa shape index (κ1) is 17.4. The Morgan fingerprint density at radius 1 is 1.17 bits per heavy atom. The topological polar surface area (TPSA) is 75.3 Å². The summed E-state index contributed by atoms with van der Waals surface area (Å²) in [5.74, 6) is -1.13. The largest absolute Gasteiger partial charge is 0.348 e. The highest BCUT2D eigenvalue weighted by molar-refractivity contribution is 9.10. The summed E-state index contributed by atoms with van der Waals surface area (Å²) >= 11 is 3.13. The van der Waals surface area contributed by atoms with Crippen LogP contribution in [0.25, 0.3) is 0 Å². The van der Waals surface area contributed by atoms with Crippen LogP contribution in [0.2, 0.25) is 0 Å². The van der Waals surface area contributed by atoms with Gasteiger partial charge in [0, 0.05) is 16.7 Å². The molecule has 0 aliphatic heterocycles. The number of carbonyl (C=O) groups excluding carboxylic acids is 1. The first-order chi connectivity index (χ1) is 10.7. The van der Waals surface area contributed by atoms with Crippen LogP contribution in [0.3, 0.4) is 0 Å². The number of amides is 1. The molecule has 0 aromatic heterocycles. The Bertz CT molecular complexity index is 823. The van der Waals surface area contributed by atoms with Crippen LogP contribution in [0.4, 0.5) is 10.1 Å². The third-order valence-corrected chi connectivity index (χ3v) is 3.99. The van der Waals surface area contributed by atoms with Crippen molar-refractivity contribution in [2.24, 2.45) is 0 Å². The zero-order chi connectivity index (χ0) is 17.0. The number of benzene rings is 2. The Morgan fingerprint density at radius 3 is 2.39 bits per heavy atom. The molecule has 0 atom stereocenters. The van der Waals surface area contributed by atoms with E-state index in [1.54, 1.807) is 30.3 Å². The molecule has 0 saturated heterocycles. The lowest BCUT2D eigenvalue weighted by molar-refractivity contribution is 0.0947. The lowest BCUT2D eigenvalue weighted by Crippen LogP contribution is -2.23. The molecule has 0 saturated carbocycles. The molecule has 122 valence electrons. The fourth-order valence-electron chi connectivity index (χ4n) is 1.86. The number of hydrogen-bond acceptors (Lipinski definition) is 3. The summed E-state index contributed by atoms with van der Waals surface area (Å²) in [6, 6.07) is 10.7. The third kappa shape index (κ3) is 5.33. The second-order valence-electron chi connectivity index (χ2n) is 4.88. The van der Waals surface area contributed by atoms with Crippen molar-refractivity contribution < 1.29 is 17.6 Å². The van der Waals surface area contributed by atoms with E-state index in [-0.39, 0.29) is 12.1 Å². The monoisotopic (exact) mass is 400 g/mol. The molecule has 0 unspecified atom stereocenters. The molecule has 8 heteroatoms. The van der Waals surface area contributed by atoms with Crippen LogP contribution in [-0.4, -0.2) is 20.6 Å². The van der Waals surface area contributed by atoms with E-state index in [0.717, 1.165) is 11.8 Å². The number of sulfonamides is 1. The van der Waals surface area contributed by atoms with Crippen molar-refractivity contribution in [1.29, 1.82) is 0 Å². The second-order valence-corrected chi connectivity index (χ2v) is 7.54. The molecule has 0 bridgehead atoms. The molecule has 0 spiro atoms. The van der Waals surface area contributed by atoms with E-state index in [4.69, 9.17) is 0 Å². The summed E-state index contributed by atoms with van der Waals surface area (Å²) in [5, 5.41) is 2.61. The van der Waals surface area contributed by atoms with Crippen molar-refractivity contribution >= 4 is 37.5 Å². The number of carbonyl (C=O) groups is 1. The van der Waals surface area contributed by atoms with Crippen molar-refractivity contribution in [3.8, 4) is 0 Å². The summed E-state index contributed by atoms with van der Waals surface area (Å²) in [6.45, 7) is 0.202. The quantitative estimate of drug-likeness (QED) is 0.809. The van der Waals surface area contributed by atoms with Crippen LogP contribution < -0.4 is 10.0 Å². The summed E-state index contributed by atoms with van der Waals surface area (Å²) in [4.78, 5) is 11.9. The van der Waals surface area contributed by atoms with Gasteiger partial charge in [0.15, 0.2) is 0 Å². The standard InChI is InChI=1S/C15H14BrFN2O3S/c1-23(21,22)19-12-5-2-10(3-6-12)9-18-15(20)13-7-4-11(16)8-14(13)17/h2-8,19H,9H2,1H3,(H,18,20). The van der Waals surface area contributed by atoms with E-state index < -0.39 is 21.7 Å². The van der Waals surface area contributed by atoms with Gasteiger partial charge in [-0.2, -0.15) is 0 Å². The molecule has 23 heavy (non-hydrogen) atoms. The lowest BCUT2D eigenvalue weighted by Gasteiger charge is -2.08. The molecule has 0 heterocycles. The van der Waals surface area contributed by atoms with Gasteiger partial charge in [-0.25, -0.2) is 12.8 Å². The second kappa shape index (κ2) is 7.10. The van der Waals surface area contributed by atoms with E-state index in [2.05, 4.69) is 26.0 Å². The fraction of sp³-hybridized carbons (Fsp3) is 0.133. The van der Waals surface area contributed by atoms with Crippen molar-refractivity contribution in [1.82, 2.24) is 5.32 Å². The summed E-state index contributed by atoms with van der Waals surface area (Å²) in [7, 11) is -3.33. The van der Waals surface area contributed by atoms with Crippen LogP contribution in [0.15, 0.2) is 46.9 Å². The zero-order valence-electron chi connectivity index (χ0n) is 12.1. The maximum absolute atomic E-state index is 13.7. The predicted octanol–water partition coefficient (Wildman–Crippen LogP) is 2.89. The maximum Gasteiger partial charge on any atom is 0.254 e. The third-order valence-electron chi connectivity index (χ3n) is 2.89. The van der Waals surface area contributed by atoms with Crippen LogP contribution in [0.5, 0.6) is 0 Å². The fourth-order valence-corrected chi connectivity index (χ4v) is 2.75. The Morgan fingerprint density at radius 2 is 1.83 bits per heavy atom. The Hall–Kier alpha value is -1.93. The molecule has 0 radical (unpaired) electrons. The SMILES string of the molecule is CS(=O)(=O)Nc1ccc(CNC(=O)c2ccc(Br)cc2F)cc1. The van der Waals surface area contributed by atoms with Crippen LogP contribution in [0.1, 0.15) is 15.9 Å². The van der Waals surface area contributed by atoms with Gasteiger partial charge in [-0.05, 0) is 35.9 Å². The number of rotatable bonds is 5. The van der Waals surface area contributed by atoms with Gasteiger partial charge in [-0.15, -0.1) is 0 Å². The molecule has 2 aromatic carbocycles. The van der Waals surface area contributed by atoms with Crippen molar-refractivity contribution in [2.45, 2.75) is 6.54 Å².